The van der Waals surface area contributed by atoms with Crippen LogP contribution in [-0.2, 0) is 19.2 Å². The highest BCUT2D eigenvalue weighted by molar-refractivity contribution is 7.99. The molecule has 2 unspecified atom stereocenters. The summed E-state index contributed by atoms with van der Waals surface area (Å²) in [5.41, 5.74) is 2.67. The average molecular weight is 505 g/mol. The van der Waals surface area contributed by atoms with Gasteiger partial charge in [-0.1, -0.05) is 12.1 Å². The molecule has 2 saturated carbocycles. The standard InChI is InChI=1S/C24H28N2O8S/c1-26(2)6-7-35-9-11-10-4-3-5-13(27)15(10)20(30)18-16(11)19(29)12-8-14(28)17(23(25)33)21(31)24(12,34)22(18)32/h3-5,11-12,16-19,27,29,34H,6-9H2,1-2H3,(H2,25,33)/t11-,12+,16+,17?,18?,19+,24+/m0/s1. The zero-order chi connectivity index (χ0) is 25.8. The van der Waals surface area contributed by atoms with Crippen molar-refractivity contribution < 1.29 is 39.3 Å². The van der Waals surface area contributed by atoms with Crippen molar-refractivity contribution in [2.24, 2.45) is 29.4 Å². The van der Waals surface area contributed by atoms with Crippen LogP contribution in [0.25, 0.3) is 0 Å². The Morgan fingerprint density at radius 3 is 2.51 bits per heavy atom. The van der Waals surface area contributed by atoms with Crippen molar-refractivity contribution in [2.75, 3.05) is 32.1 Å². The molecule has 0 bridgehead atoms. The van der Waals surface area contributed by atoms with Gasteiger partial charge in [0.05, 0.1) is 17.6 Å². The van der Waals surface area contributed by atoms with E-state index in [2.05, 4.69) is 0 Å². The number of thioether (sulfide) groups is 1. The predicted molar refractivity (Wildman–Crippen MR) is 125 cm³/mol. The Bertz CT molecular complexity index is 1120. The molecule has 0 radical (unpaired) electrons. The van der Waals surface area contributed by atoms with Crippen molar-refractivity contribution in [1.29, 1.82) is 0 Å². The van der Waals surface area contributed by atoms with Gasteiger partial charge in [-0.3, -0.25) is 24.0 Å². The monoisotopic (exact) mass is 504 g/mol. The van der Waals surface area contributed by atoms with Crippen LogP contribution in [0.1, 0.15) is 28.3 Å². The maximum atomic E-state index is 13.7. The molecule has 1 aromatic carbocycles. The van der Waals surface area contributed by atoms with E-state index >= 15 is 0 Å². The summed E-state index contributed by atoms with van der Waals surface area (Å²) in [6, 6.07) is 4.53. The lowest BCUT2D eigenvalue weighted by Crippen LogP contribution is -2.72. The molecule has 3 aliphatic rings. The predicted octanol–water partition coefficient (Wildman–Crippen LogP) is -0.866. The van der Waals surface area contributed by atoms with Crippen LogP contribution >= 0.6 is 11.8 Å². The fraction of sp³-hybridized carbons (Fsp3) is 0.542. The highest BCUT2D eigenvalue weighted by Gasteiger charge is 2.70. The lowest BCUT2D eigenvalue weighted by Gasteiger charge is -2.53. The minimum Gasteiger partial charge on any atom is -0.507 e. The zero-order valence-electron chi connectivity index (χ0n) is 19.3. The third-order valence-corrected chi connectivity index (χ3v) is 8.57. The maximum Gasteiger partial charge on any atom is 0.235 e. The van der Waals surface area contributed by atoms with Crippen molar-refractivity contribution in [2.45, 2.75) is 24.0 Å². The Balaban J connectivity index is 1.81. The molecule has 10 nitrogen and oxygen atoms in total. The average Bonchev–Trinajstić information content (AvgIpc) is 2.77. The minimum absolute atomic E-state index is 0.0830. The molecule has 7 atom stereocenters. The number of carbonyl (C=O) groups excluding carboxylic acids is 5. The van der Waals surface area contributed by atoms with Gasteiger partial charge in [-0.05, 0) is 25.7 Å². The molecule has 2 fully saturated rings. The number of Topliss-reactive ketones (excluding diaryl/α,β-unsaturated/α-hetero) is 4. The van der Waals surface area contributed by atoms with E-state index in [-0.39, 0.29) is 11.3 Å². The Kier molecular flexibility index (Phi) is 6.64. The summed E-state index contributed by atoms with van der Waals surface area (Å²) in [6.07, 6.45) is -2.17. The molecule has 188 valence electrons. The number of aliphatic hydroxyl groups is 2. The number of nitrogens with zero attached hydrogens (tertiary/aromatic N) is 1. The highest BCUT2D eigenvalue weighted by Crippen LogP contribution is 2.54. The number of aromatic hydroxyl groups is 1. The third kappa shape index (κ3) is 3.81. The van der Waals surface area contributed by atoms with Gasteiger partial charge in [-0.2, -0.15) is 11.8 Å². The van der Waals surface area contributed by atoms with E-state index in [1.165, 1.54) is 17.8 Å². The van der Waals surface area contributed by atoms with Crippen molar-refractivity contribution in [3.8, 4) is 5.75 Å². The molecule has 1 aromatic rings. The topological polar surface area (TPSA) is 175 Å². The summed E-state index contributed by atoms with van der Waals surface area (Å²) in [5, 5.41) is 33.2. The summed E-state index contributed by atoms with van der Waals surface area (Å²) >= 11 is 1.54. The van der Waals surface area contributed by atoms with Crippen molar-refractivity contribution in [3.63, 3.8) is 0 Å². The number of hydrogen-bond donors (Lipinski definition) is 4. The van der Waals surface area contributed by atoms with Crippen LogP contribution in [0.15, 0.2) is 18.2 Å². The number of phenolic OH excluding ortho intramolecular Hbond substituents is 1. The molecule has 0 spiro atoms. The van der Waals surface area contributed by atoms with Gasteiger partial charge >= 0.3 is 0 Å². The van der Waals surface area contributed by atoms with Crippen LogP contribution in [0.4, 0.5) is 0 Å². The van der Waals surface area contributed by atoms with Gasteiger partial charge in [0.25, 0.3) is 0 Å². The van der Waals surface area contributed by atoms with Gasteiger partial charge in [0.1, 0.15) is 5.75 Å². The summed E-state index contributed by atoms with van der Waals surface area (Å²) in [4.78, 5) is 66.6. The minimum atomic E-state index is -2.91. The van der Waals surface area contributed by atoms with Crippen LogP contribution in [0.2, 0.25) is 0 Å². The Labute approximate surface area is 205 Å². The number of ketones is 4. The molecule has 5 N–H and O–H groups in total. The van der Waals surface area contributed by atoms with E-state index in [0.717, 1.165) is 12.3 Å². The molecule has 11 heteroatoms. The first-order chi connectivity index (χ1) is 16.4. The van der Waals surface area contributed by atoms with Gasteiger partial charge < -0.3 is 26.0 Å². The third-order valence-electron chi connectivity index (χ3n) is 7.50. The second-order valence-electron chi connectivity index (χ2n) is 9.74. The van der Waals surface area contributed by atoms with E-state index in [1.807, 2.05) is 19.0 Å². The Morgan fingerprint density at radius 2 is 1.89 bits per heavy atom. The van der Waals surface area contributed by atoms with Crippen molar-refractivity contribution >= 4 is 40.8 Å². The number of rotatable bonds is 6. The molecule has 4 rings (SSSR count). The number of aliphatic hydroxyl groups excluding tert-OH is 1. The number of nitrogens with two attached hydrogens (primary N) is 1. The van der Waals surface area contributed by atoms with Crippen molar-refractivity contribution in [1.82, 2.24) is 4.90 Å². The lowest BCUT2D eigenvalue weighted by atomic mass is 9.50. The van der Waals surface area contributed by atoms with E-state index in [9.17, 15) is 39.3 Å². The Hall–Kier alpha value is -2.60. The molecule has 35 heavy (non-hydrogen) atoms. The molecule has 3 aliphatic carbocycles. The highest BCUT2D eigenvalue weighted by atomic mass is 32.2. The van der Waals surface area contributed by atoms with Crippen LogP contribution in [-0.4, -0.2) is 93.1 Å². The molecular weight excluding hydrogens is 476 g/mol. The van der Waals surface area contributed by atoms with E-state index in [0.29, 0.717) is 11.3 Å². The first-order valence-corrected chi connectivity index (χ1v) is 12.5. The van der Waals surface area contributed by atoms with Gasteiger partial charge in [0.15, 0.2) is 34.7 Å². The van der Waals surface area contributed by atoms with Gasteiger partial charge in [0, 0.05) is 42.2 Å². The second-order valence-corrected chi connectivity index (χ2v) is 10.9. The van der Waals surface area contributed by atoms with E-state index in [4.69, 9.17) is 5.73 Å². The number of carbonyl (C=O) groups is 5. The molecule has 1 amide bonds. The Morgan fingerprint density at radius 1 is 1.20 bits per heavy atom. The first-order valence-electron chi connectivity index (χ1n) is 11.3. The SMILES string of the molecule is CN(C)CCSC[C@H]1c2cccc(O)c2C(=O)C2C(=O)[C@]3(O)C(=O)C(C(N)=O)C(=O)C[C@@H]3[C@@H](O)[C@@H]21. The summed E-state index contributed by atoms with van der Waals surface area (Å²) in [6.45, 7) is 0.763. The van der Waals surface area contributed by atoms with Gasteiger partial charge in [0.2, 0.25) is 5.91 Å². The zero-order valence-corrected chi connectivity index (χ0v) is 20.2. The smallest absolute Gasteiger partial charge is 0.235 e. The van der Waals surface area contributed by atoms with Gasteiger partial charge in [-0.25, -0.2) is 0 Å². The fourth-order valence-electron chi connectivity index (χ4n) is 5.79. The van der Waals surface area contributed by atoms with E-state index < -0.39 is 76.8 Å². The number of hydrogen-bond acceptors (Lipinski definition) is 10. The molecule has 0 heterocycles. The summed E-state index contributed by atoms with van der Waals surface area (Å²) in [7, 11) is 3.84. The first kappa shape index (κ1) is 25.5. The number of primary amides is 1. The van der Waals surface area contributed by atoms with Gasteiger partial charge in [-0.15, -0.1) is 0 Å². The fourth-order valence-corrected chi connectivity index (χ4v) is 7.11. The number of fused-ring (bicyclic) bond motifs is 3. The normalized spacial score (nSPS) is 34.4. The number of amides is 1. The van der Waals surface area contributed by atoms with E-state index in [1.54, 1.807) is 12.1 Å². The van der Waals surface area contributed by atoms with Crippen molar-refractivity contribution in [3.05, 3.63) is 29.3 Å². The quantitative estimate of drug-likeness (QED) is 0.282. The lowest BCUT2D eigenvalue weighted by molar-refractivity contribution is -0.189. The summed E-state index contributed by atoms with van der Waals surface area (Å²) < 4.78 is 0. The maximum absolute atomic E-state index is 13.7. The van der Waals surface area contributed by atoms with Crippen LogP contribution in [0.3, 0.4) is 0 Å². The molecule has 0 aliphatic heterocycles. The number of benzene rings is 1. The van der Waals surface area contributed by atoms with Crippen LogP contribution in [0.5, 0.6) is 5.75 Å². The largest absolute Gasteiger partial charge is 0.507 e. The summed E-state index contributed by atoms with van der Waals surface area (Å²) in [5.74, 6) is -11.5. The molecule has 0 aromatic heterocycles. The van der Waals surface area contributed by atoms with Crippen LogP contribution < -0.4 is 5.73 Å². The second kappa shape index (κ2) is 9.12. The molecular formula is C24H28N2O8S. The van der Waals surface area contributed by atoms with Crippen LogP contribution in [0, 0.1) is 23.7 Å². The number of phenols is 1. The molecule has 0 saturated heterocycles.